The van der Waals surface area contributed by atoms with E-state index in [1.54, 1.807) is 0 Å². The monoisotopic (exact) mass is 244 g/mol. The highest BCUT2D eigenvalue weighted by Gasteiger charge is 2.28. The van der Waals surface area contributed by atoms with Crippen LogP contribution in [0.1, 0.15) is 12.8 Å². The summed E-state index contributed by atoms with van der Waals surface area (Å²) in [7, 11) is 0. The van der Waals surface area contributed by atoms with Gasteiger partial charge in [-0.15, -0.1) is 0 Å². The Bertz CT molecular complexity index is 333. The molecule has 6 N–H and O–H groups in total. The highest BCUT2D eigenvalue weighted by atomic mass is 16.4. The van der Waals surface area contributed by atoms with Crippen molar-refractivity contribution in [2.24, 2.45) is 11.5 Å². The molecule has 1 unspecified atom stereocenters. The number of carboxylic acid groups (broad SMARTS) is 1. The third-order valence-electron chi connectivity index (χ3n) is 2.51. The minimum atomic E-state index is -1.29. The highest BCUT2D eigenvalue weighted by molar-refractivity contribution is 5.87. The van der Waals surface area contributed by atoms with Crippen molar-refractivity contribution in [3.8, 4) is 0 Å². The third kappa shape index (κ3) is 3.91. The van der Waals surface area contributed by atoms with Crippen LogP contribution < -0.4 is 16.8 Å². The van der Waals surface area contributed by atoms with Crippen molar-refractivity contribution in [2.75, 3.05) is 13.1 Å². The van der Waals surface area contributed by atoms with E-state index in [9.17, 15) is 14.4 Å². The van der Waals surface area contributed by atoms with Crippen molar-refractivity contribution in [3.63, 3.8) is 0 Å². The number of primary amides is 1. The largest absolute Gasteiger partial charge is 0.480 e. The standard InChI is InChI=1S/C9H16N4O4/c10-5-1-2-13(4-5)9(17)12-6(8(15)16)3-7(11)14/h5-6H,1-4,10H2,(H2,11,14)(H,12,17)(H,15,16)/t5?,6-/m1/s1. The number of amides is 3. The first-order valence-corrected chi connectivity index (χ1v) is 5.22. The molecule has 1 heterocycles. The Morgan fingerprint density at radius 1 is 1.47 bits per heavy atom. The predicted octanol–water partition coefficient (Wildman–Crippen LogP) is -1.94. The fourth-order valence-electron chi connectivity index (χ4n) is 1.61. The molecule has 1 aliphatic heterocycles. The van der Waals surface area contributed by atoms with Gasteiger partial charge in [0.15, 0.2) is 0 Å². The highest BCUT2D eigenvalue weighted by Crippen LogP contribution is 2.07. The summed E-state index contributed by atoms with van der Waals surface area (Å²) in [4.78, 5) is 34.5. The normalized spacial score (nSPS) is 21.0. The summed E-state index contributed by atoms with van der Waals surface area (Å²) in [6.45, 7) is 0.866. The van der Waals surface area contributed by atoms with Gasteiger partial charge >= 0.3 is 12.0 Å². The molecular formula is C9H16N4O4. The van der Waals surface area contributed by atoms with Crippen molar-refractivity contribution in [3.05, 3.63) is 0 Å². The molecular weight excluding hydrogens is 228 g/mol. The second kappa shape index (κ2) is 5.48. The van der Waals surface area contributed by atoms with Crippen LogP contribution in [-0.4, -0.2) is 53.1 Å². The van der Waals surface area contributed by atoms with Gasteiger partial charge in [0.05, 0.1) is 6.42 Å². The van der Waals surface area contributed by atoms with Gasteiger partial charge in [-0.2, -0.15) is 0 Å². The lowest BCUT2D eigenvalue weighted by Gasteiger charge is -2.20. The minimum absolute atomic E-state index is 0.0832. The first kappa shape index (κ1) is 13.2. The zero-order chi connectivity index (χ0) is 13.0. The number of urea groups is 1. The van der Waals surface area contributed by atoms with Crippen LogP contribution in [-0.2, 0) is 9.59 Å². The van der Waals surface area contributed by atoms with Gasteiger partial charge in [-0.05, 0) is 6.42 Å². The average molecular weight is 244 g/mol. The number of nitrogens with one attached hydrogen (secondary N) is 1. The topological polar surface area (TPSA) is 139 Å². The third-order valence-corrected chi connectivity index (χ3v) is 2.51. The Morgan fingerprint density at radius 2 is 2.12 bits per heavy atom. The molecule has 8 heteroatoms. The Hall–Kier alpha value is -1.83. The van der Waals surface area contributed by atoms with Crippen LogP contribution >= 0.6 is 0 Å². The molecule has 8 nitrogen and oxygen atoms in total. The Kier molecular flexibility index (Phi) is 4.27. The van der Waals surface area contributed by atoms with E-state index in [1.165, 1.54) is 4.90 Å². The second-order valence-corrected chi connectivity index (χ2v) is 4.01. The van der Waals surface area contributed by atoms with Gasteiger partial charge in [0.1, 0.15) is 6.04 Å². The van der Waals surface area contributed by atoms with E-state index in [4.69, 9.17) is 16.6 Å². The van der Waals surface area contributed by atoms with Gasteiger partial charge in [0, 0.05) is 19.1 Å². The predicted molar refractivity (Wildman–Crippen MR) is 57.9 cm³/mol. The number of likely N-dealkylation sites (tertiary alicyclic amines) is 1. The smallest absolute Gasteiger partial charge is 0.326 e. The van der Waals surface area contributed by atoms with Gasteiger partial charge in [-0.1, -0.05) is 0 Å². The second-order valence-electron chi connectivity index (χ2n) is 4.01. The summed E-state index contributed by atoms with van der Waals surface area (Å²) in [5.74, 6) is -2.07. The van der Waals surface area contributed by atoms with Crippen LogP contribution in [0.25, 0.3) is 0 Å². The maximum Gasteiger partial charge on any atom is 0.326 e. The number of nitrogens with two attached hydrogens (primary N) is 2. The number of nitrogens with zero attached hydrogens (tertiary/aromatic N) is 1. The van der Waals surface area contributed by atoms with Gasteiger partial charge in [0.2, 0.25) is 5.91 Å². The van der Waals surface area contributed by atoms with Crippen LogP contribution in [0, 0.1) is 0 Å². The van der Waals surface area contributed by atoms with E-state index in [2.05, 4.69) is 5.32 Å². The van der Waals surface area contributed by atoms with Crippen LogP contribution in [0.15, 0.2) is 0 Å². The number of carbonyl (C=O) groups excluding carboxylic acids is 2. The van der Waals surface area contributed by atoms with Crippen molar-refractivity contribution in [2.45, 2.75) is 24.9 Å². The van der Waals surface area contributed by atoms with E-state index < -0.39 is 30.4 Å². The molecule has 0 radical (unpaired) electrons. The van der Waals surface area contributed by atoms with Gasteiger partial charge in [-0.3, -0.25) is 4.79 Å². The molecule has 0 aromatic carbocycles. The Balaban J connectivity index is 2.52. The van der Waals surface area contributed by atoms with Gasteiger partial charge in [-0.25, -0.2) is 9.59 Å². The number of carbonyl (C=O) groups is 3. The maximum atomic E-state index is 11.6. The van der Waals surface area contributed by atoms with E-state index in [1.807, 2.05) is 0 Å². The summed E-state index contributed by atoms with van der Waals surface area (Å²) in [5.41, 5.74) is 10.5. The zero-order valence-corrected chi connectivity index (χ0v) is 9.26. The first-order valence-electron chi connectivity index (χ1n) is 5.22. The van der Waals surface area contributed by atoms with Crippen LogP contribution in [0.4, 0.5) is 4.79 Å². The fourth-order valence-corrected chi connectivity index (χ4v) is 1.61. The molecule has 3 amide bonds. The van der Waals surface area contributed by atoms with Crippen molar-refractivity contribution >= 4 is 17.9 Å². The zero-order valence-electron chi connectivity index (χ0n) is 9.26. The molecule has 1 fully saturated rings. The molecule has 96 valence electrons. The van der Waals surface area contributed by atoms with Crippen LogP contribution in [0.5, 0.6) is 0 Å². The van der Waals surface area contributed by atoms with E-state index in [0.29, 0.717) is 19.5 Å². The number of carboxylic acids is 1. The first-order chi connectivity index (χ1) is 7.90. The molecule has 17 heavy (non-hydrogen) atoms. The number of aliphatic carboxylic acids is 1. The summed E-state index contributed by atoms with van der Waals surface area (Å²) in [6.07, 6.45) is 0.252. The fraction of sp³-hybridized carbons (Fsp3) is 0.667. The molecule has 0 spiro atoms. The van der Waals surface area contributed by atoms with E-state index >= 15 is 0 Å². The quantitative estimate of drug-likeness (QED) is 0.455. The summed E-state index contributed by atoms with van der Waals surface area (Å²) in [6, 6.07) is -1.91. The SMILES string of the molecule is NC(=O)C[C@@H](NC(=O)N1CCC(N)C1)C(=O)O. The number of hydrogen-bond donors (Lipinski definition) is 4. The molecule has 0 saturated carbocycles. The molecule has 1 rings (SSSR count). The molecule has 0 aliphatic carbocycles. The molecule has 2 atom stereocenters. The number of rotatable bonds is 4. The molecule has 0 aromatic rings. The van der Waals surface area contributed by atoms with E-state index in [0.717, 1.165) is 0 Å². The molecule has 0 aromatic heterocycles. The van der Waals surface area contributed by atoms with E-state index in [-0.39, 0.29) is 6.04 Å². The Morgan fingerprint density at radius 3 is 2.53 bits per heavy atom. The van der Waals surface area contributed by atoms with Gasteiger partial charge in [0.25, 0.3) is 0 Å². The lowest BCUT2D eigenvalue weighted by molar-refractivity contribution is -0.140. The Labute approximate surface area is 97.9 Å². The lowest BCUT2D eigenvalue weighted by Crippen LogP contribution is -2.49. The summed E-state index contributed by atoms with van der Waals surface area (Å²) < 4.78 is 0. The van der Waals surface area contributed by atoms with Gasteiger partial charge < -0.3 is 26.8 Å². The van der Waals surface area contributed by atoms with Crippen molar-refractivity contribution in [1.29, 1.82) is 0 Å². The molecule has 1 saturated heterocycles. The van der Waals surface area contributed by atoms with Crippen LogP contribution in [0.3, 0.4) is 0 Å². The number of hydrogen-bond acceptors (Lipinski definition) is 4. The maximum absolute atomic E-state index is 11.6. The summed E-state index contributed by atoms with van der Waals surface area (Å²) >= 11 is 0. The molecule has 0 bridgehead atoms. The van der Waals surface area contributed by atoms with Crippen molar-refractivity contribution in [1.82, 2.24) is 10.2 Å². The van der Waals surface area contributed by atoms with Crippen molar-refractivity contribution < 1.29 is 19.5 Å². The minimum Gasteiger partial charge on any atom is -0.480 e. The van der Waals surface area contributed by atoms with Crippen LogP contribution in [0.2, 0.25) is 0 Å². The lowest BCUT2D eigenvalue weighted by atomic mass is 10.2. The average Bonchev–Trinajstić information content (AvgIpc) is 2.63. The molecule has 1 aliphatic rings. The summed E-state index contributed by atoms with van der Waals surface area (Å²) in [5, 5.41) is 11.0.